The largest absolute Gasteiger partial charge is 0.456 e. The first kappa shape index (κ1) is 15.4. The van der Waals surface area contributed by atoms with E-state index in [0.29, 0.717) is 11.4 Å². The first-order chi connectivity index (χ1) is 10.6. The van der Waals surface area contributed by atoms with Gasteiger partial charge in [-0.2, -0.15) is 5.10 Å². The van der Waals surface area contributed by atoms with Gasteiger partial charge >= 0.3 is 5.97 Å². The van der Waals surface area contributed by atoms with E-state index in [9.17, 15) is 14.4 Å². The summed E-state index contributed by atoms with van der Waals surface area (Å²) in [6.07, 6.45) is 0.230. The third-order valence-electron chi connectivity index (χ3n) is 2.80. The summed E-state index contributed by atoms with van der Waals surface area (Å²) >= 11 is 0. The van der Waals surface area contributed by atoms with Crippen molar-refractivity contribution in [2.45, 2.75) is 13.3 Å². The van der Waals surface area contributed by atoms with E-state index in [1.807, 2.05) is 0 Å². The van der Waals surface area contributed by atoms with Gasteiger partial charge in [0, 0.05) is 23.7 Å². The Hall–Kier alpha value is -2.96. The molecule has 2 rings (SSSR count). The van der Waals surface area contributed by atoms with Gasteiger partial charge < -0.3 is 10.1 Å². The van der Waals surface area contributed by atoms with Gasteiger partial charge in [-0.25, -0.2) is 5.10 Å². The fourth-order valence-electron chi connectivity index (χ4n) is 1.67. The summed E-state index contributed by atoms with van der Waals surface area (Å²) in [5.41, 5.74) is 1.72. The van der Waals surface area contributed by atoms with Crippen molar-refractivity contribution in [3.05, 3.63) is 46.8 Å². The Morgan fingerprint density at radius 3 is 2.50 bits per heavy atom. The maximum atomic E-state index is 11.6. The summed E-state index contributed by atoms with van der Waals surface area (Å²) in [5.74, 6) is -0.827. The number of esters is 1. The molecule has 2 aromatic rings. The fraction of sp³-hybridized carbons (Fsp3) is 0.200. The van der Waals surface area contributed by atoms with E-state index in [-0.39, 0.29) is 18.6 Å². The lowest BCUT2D eigenvalue weighted by atomic mass is 10.1. The predicted molar refractivity (Wildman–Crippen MR) is 80.2 cm³/mol. The van der Waals surface area contributed by atoms with Crippen molar-refractivity contribution < 1.29 is 14.3 Å². The highest BCUT2D eigenvalue weighted by atomic mass is 16.5. The van der Waals surface area contributed by atoms with Crippen LogP contribution in [0.4, 0.5) is 5.69 Å². The van der Waals surface area contributed by atoms with E-state index in [1.165, 1.54) is 6.07 Å². The average molecular weight is 301 g/mol. The van der Waals surface area contributed by atoms with Gasteiger partial charge in [-0.1, -0.05) is 19.1 Å². The van der Waals surface area contributed by atoms with Crippen molar-refractivity contribution >= 4 is 17.6 Å². The Balaban J connectivity index is 1.97. The van der Waals surface area contributed by atoms with Gasteiger partial charge in [0.05, 0.1) is 5.69 Å². The van der Waals surface area contributed by atoms with Crippen LogP contribution in [-0.2, 0) is 14.3 Å². The first-order valence-electron chi connectivity index (χ1n) is 6.70. The van der Waals surface area contributed by atoms with Gasteiger partial charge in [-0.05, 0) is 18.2 Å². The number of rotatable bonds is 5. The molecule has 1 aromatic heterocycles. The zero-order chi connectivity index (χ0) is 15.9. The molecule has 1 amide bonds. The quantitative estimate of drug-likeness (QED) is 0.811. The lowest BCUT2D eigenvalue weighted by molar-refractivity contribution is -0.146. The number of hydrogen-bond acceptors (Lipinski definition) is 5. The van der Waals surface area contributed by atoms with Crippen LogP contribution >= 0.6 is 0 Å². The van der Waals surface area contributed by atoms with Crippen LogP contribution in [0.15, 0.2) is 41.2 Å². The number of benzene rings is 1. The number of ether oxygens (including phenoxy) is 1. The summed E-state index contributed by atoms with van der Waals surface area (Å²) in [4.78, 5) is 33.5. The lowest BCUT2D eigenvalue weighted by Gasteiger charge is -2.07. The van der Waals surface area contributed by atoms with E-state index >= 15 is 0 Å². The highest BCUT2D eigenvalue weighted by Crippen LogP contribution is 2.18. The second-order valence-corrected chi connectivity index (χ2v) is 4.45. The monoisotopic (exact) mass is 301 g/mol. The van der Waals surface area contributed by atoms with Crippen LogP contribution in [0.25, 0.3) is 11.3 Å². The van der Waals surface area contributed by atoms with Crippen molar-refractivity contribution in [3.8, 4) is 11.3 Å². The minimum Gasteiger partial charge on any atom is -0.456 e. The Bertz CT molecular complexity index is 702. The van der Waals surface area contributed by atoms with Crippen molar-refractivity contribution in [1.29, 1.82) is 0 Å². The highest BCUT2D eigenvalue weighted by molar-refractivity contribution is 5.92. The summed E-state index contributed by atoms with van der Waals surface area (Å²) in [5, 5.41) is 8.88. The number of carbonyl (C=O) groups excluding carboxylic acids is 2. The van der Waals surface area contributed by atoms with Crippen molar-refractivity contribution in [3.63, 3.8) is 0 Å². The third-order valence-corrected chi connectivity index (χ3v) is 2.80. The Morgan fingerprint density at radius 2 is 1.91 bits per heavy atom. The Labute approximate surface area is 126 Å². The SMILES string of the molecule is CCC(=O)OCC(=O)Nc1ccc(-c2ccc(=O)[nH]n2)cc1. The van der Waals surface area contributed by atoms with Crippen LogP contribution in [-0.4, -0.2) is 28.7 Å². The van der Waals surface area contributed by atoms with Crippen molar-refractivity contribution in [1.82, 2.24) is 10.2 Å². The minimum absolute atomic E-state index is 0.230. The topological polar surface area (TPSA) is 101 Å². The number of anilines is 1. The summed E-state index contributed by atoms with van der Waals surface area (Å²) < 4.78 is 4.73. The van der Waals surface area contributed by atoms with E-state index < -0.39 is 11.9 Å². The zero-order valence-electron chi connectivity index (χ0n) is 12.0. The molecule has 7 heteroatoms. The Morgan fingerprint density at radius 1 is 1.18 bits per heavy atom. The molecular formula is C15H15N3O4. The predicted octanol–water partition coefficient (Wildman–Crippen LogP) is 1.33. The highest BCUT2D eigenvalue weighted by Gasteiger charge is 2.06. The molecule has 1 aromatic carbocycles. The molecule has 0 aliphatic rings. The molecule has 0 aliphatic carbocycles. The number of nitrogens with zero attached hydrogens (tertiary/aromatic N) is 1. The molecule has 7 nitrogen and oxygen atoms in total. The molecule has 0 atom stereocenters. The molecule has 0 saturated heterocycles. The maximum Gasteiger partial charge on any atom is 0.306 e. The standard InChI is InChI=1S/C15H15N3O4/c1-2-15(21)22-9-14(20)16-11-5-3-10(4-6-11)12-7-8-13(19)18-17-12/h3-8H,2,9H2,1H3,(H,16,20)(H,18,19). The van der Waals surface area contributed by atoms with E-state index in [2.05, 4.69) is 15.5 Å². The maximum absolute atomic E-state index is 11.6. The minimum atomic E-state index is -0.422. The number of H-pyrrole nitrogens is 1. The normalized spacial score (nSPS) is 10.0. The van der Waals surface area contributed by atoms with Gasteiger partial charge in [0.2, 0.25) is 0 Å². The lowest BCUT2D eigenvalue weighted by Crippen LogP contribution is -2.20. The first-order valence-corrected chi connectivity index (χ1v) is 6.70. The van der Waals surface area contributed by atoms with Crippen molar-refractivity contribution in [2.75, 3.05) is 11.9 Å². The number of aromatic nitrogens is 2. The molecule has 0 fully saturated rings. The molecule has 114 valence electrons. The number of nitrogens with one attached hydrogen (secondary N) is 2. The van der Waals surface area contributed by atoms with Crippen LogP contribution in [0.1, 0.15) is 13.3 Å². The second-order valence-electron chi connectivity index (χ2n) is 4.45. The van der Waals surface area contributed by atoms with Gasteiger partial charge in [-0.3, -0.25) is 14.4 Å². The zero-order valence-corrected chi connectivity index (χ0v) is 12.0. The molecule has 2 N–H and O–H groups in total. The fourth-order valence-corrected chi connectivity index (χ4v) is 1.67. The molecule has 0 radical (unpaired) electrons. The van der Waals surface area contributed by atoms with Gasteiger partial charge in [-0.15, -0.1) is 0 Å². The number of carbonyl (C=O) groups is 2. The Kier molecular flexibility index (Phi) is 5.02. The summed E-state index contributed by atoms with van der Waals surface area (Å²) in [7, 11) is 0. The molecule has 22 heavy (non-hydrogen) atoms. The average Bonchev–Trinajstić information content (AvgIpc) is 2.54. The molecule has 0 saturated carbocycles. The van der Waals surface area contributed by atoms with Crippen LogP contribution in [0.3, 0.4) is 0 Å². The van der Waals surface area contributed by atoms with E-state index in [1.54, 1.807) is 37.3 Å². The molecule has 0 unspecified atom stereocenters. The van der Waals surface area contributed by atoms with Crippen LogP contribution in [0.2, 0.25) is 0 Å². The van der Waals surface area contributed by atoms with Gasteiger partial charge in [0.25, 0.3) is 11.5 Å². The molecule has 1 heterocycles. The van der Waals surface area contributed by atoms with Crippen LogP contribution < -0.4 is 10.9 Å². The molecular weight excluding hydrogens is 286 g/mol. The smallest absolute Gasteiger partial charge is 0.306 e. The molecule has 0 bridgehead atoms. The van der Waals surface area contributed by atoms with E-state index in [0.717, 1.165) is 5.56 Å². The number of amides is 1. The molecule has 0 spiro atoms. The van der Waals surface area contributed by atoms with Gasteiger partial charge in [0.1, 0.15) is 0 Å². The third kappa shape index (κ3) is 4.27. The van der Waals surface area contributed by atoms with Crippen LogP contribution in [0, 0.1) is 0 Å². The summed E-state index contributed by atoms with van der Waals surface area (Å²) in [6.45, 7) is 1.35. The van der Waals surface area contributed by atoms with Crippen molar-refractivity contribution in [2.24, 2.45) is 0 Å². The molecule has 0 aliphatic heterocycles. The summed E-state index contributed by atoms with van der Waals surface area (Å²) in [6, 6.07) is 9.91. The van der Waals surface area contributed by atoms with Gasteiger partial charge in [0.15, 0.2) is 6.61 Å². The number of aromatic amines is 1. The van der Waals surface area contributed by atoms with Crippen LogP contribution in [0.5, 0.6) is 0 Å². The number of hydrogen-bond donors (Lipinski definition) is 2. The second kappa shape index (κ2) is 7.16. The van der Waals surface area contributed by atoms with E-state index in [4.69, 9.17) is 4.74 Å².